The van der Waals surface area contributed by atoms with Crippen molar-refractivity contribution >= 4 is 40.3 Å². The standard InChI is InChI=1S/C25H26N4O4S/c1-6-13-33-21-10-8-7-9-19(21)14-28-22-16(3)15(2)11-12-20(22)25(23(28)32)29(18(5)31)27-24(34-25)26-17(4)30/h6-12H,1,13-14H2,2-5H3,(H,26,27,30). The van der Waals surface area contributed by atoms with Crippen molar-refractivity contribution in [3.8, 4) is 5.75 Å². The molecule has 0 saturated carbocycles. The second kappa shape index (κ2) is 8.98. The molecule has 1 spiro atoms. The van der Waals surface area contributed by atoms with Gasteiger partial charge in [0.25, 0.3) is 5.91 Å². The number of nitrogens with zero attached hydrogens (tertiary/aromatic N) is 3. The van der Waals surface area contributed by atoms with Crippen LogP contribution in [0.2, 0.25) is 0 Å². The van der Waals surface area contributed by atoms with E-state index in [2.05, 4.69) is 17.0 Å². The third-order valence-corrected chi connectivity index (χ3v) is 7.08. The molecule has 8 nitrogen and oxygen atoms in total. The number of carbonyl (C=O) groups is 3. The van der Waals surface area contributed by atoms with Crippen LogP contribution in [0.5, 0.6) is 5.75 Å². The maximum atomic E-state index is 14.2. The van der Waals surface area contributed by atoms with Gasteiger partial charge in [-0.1, -0.05) is 43.0 Å². The predicted octanol–water partition coefficient (Wildman–Crippen LogP) is 3.57. The third kappa shape index (κ3) is 3.75. The molecule has 9 heteroatoms. The highest BCUT2D eigenvalue weighted by atomic mass is 32.2. The van der Waals surface area contributed by atoms with E-state index >= 15 is 0 Å². The smallest absolute Gasteiger partial charge is 0.271 e. The number of ether oxygens (including phenoxy) is 1. The number of para-hydroxylation sites is 1. The van der Waals surface area contributed by atoms with E-state index in [1.807, 2.05) is 50.2 Å². The van der Waals surface area contributed by atoms with Crippen LogP contribution in [0.1, 0.15) is 36.1 Å². The topological polar surface area (TPSA) is 91.3 Å². The van der Waals surface area contributed by atoms with Gasteiger partial charge in [-0.3, -0.25) is 14.4 Å². The molecule has 0 saturated heterocycles. The number of amidine groups is 1. The predicted molar refractivity (Wildman–Crippen MR) is 132 cm³/mol. The van der Waals surface area contributed by atoms with Crippen LogP contribution >= 0.6 is 11.8 Å². The third-order valence-electron chi connectivity index (χ3n) is 5.84. The van der Waals surface area contributed by atoms with E-state index in [0.717, 1.165) is 34.1 Å². The van der Waals surface area contributed by atoms with E-state index in [-0.39, 0.29) is 23.5 Å². The van der Waals surface area contributed by atoms with Crippen molar-refractivity contribution < 1.29 is 19.1 Å². The Labute approximate surface area is 202 Å². The van der Waals surface area contributed by atoms with Crippen LogP contribution in [0.25, 0.3) is 0 Å². The Kier molecular flexibility index (Phi) is 6.22. The molecule has 1 N–H and O–H groups in total. The number of carbonyl (C=O) groups excluding carboxylic acids is 3. The Morgan fingerprint density at radius 2 is 1.94 bits per heavy atom. The van der Waals surface area contributed by atoms with E-state index in [9.17, 15) is 14.4 Å². The molecule has 0 aromatic heterocycles. The van der Waals surface area contributed by atoms with Crippen molar-refractivity contribution in [1.82, 2.24) is 10.3 Å². The maximum absolute atomic E-state index is 14.2. The fourth-order valence-electron chi connectivity index (χ4n) is 4.23. The summed E-state index contributed by atoms with van der Waals surface area (Å²) in [5.41, 5.74) is 4.17. The zero-order chi connectivity index (χ0) is 24.6. The summed E-state index contributed by atoms with van der Waals surface area (Å²) in [5.74, 6) is -0.385. The molecule has 176 valence electrons. The average molecular weight is 479 g/mol. The normalized spacial score (nSPS) is 18.7. The van der Waals surface area contributed by atoms with Gasteiger partial charge in [0.05, 0.1) is 12.2 Å². The van der Waals surface area contributed by atoms with Gasteiger partial charge in [-0.05, 0) is 42.8 Å². The number of aryl methyl sites for hydroxylation is 1. The number of benzene rings is 2. The number of nitrogens with one attached hydrogen (secondary N) is 1. The Morgan fingerprint density at radius 1 is 1.21 bits per heavy atom. The molecule has 2 aromatic rings. The molecule has 0 radical (unpaired) electrons. The molecule has 2 aliphatic rings. The molecule has 4 rings (SSSR count). The number of hydrazone groups is 1. The number of rotatable bonds is 5. The van der Waals surface area contributed by atoms with Gasteiger partial charge >= 0.3 is 0 Å². The van der Waals surface area contributed by atoms with Gasteiger partial charge in [0.2, 0.25) is 16.7 Å². The van der Waals surface area contributed by atoms with E-state index in [1.165, 1.54) is 18.9 Å². The van der Waals surface area contributed by atoms with E-state index in [4.69, 9.17) is 4.74 Å². The van der Waals surface area contributed by atoms with E-state index < -0.39 is 10.8 Å². The largest absolute Gasteiger partial charge is 0.489 e. The van der Waals surface area contributed by atoms with Crippen molar-refractivity contribution in [3.63, 3.8) is 0 Å². The number of hydrogen-bond acceptors (Lipinski definition) is 6. The molecule has 0 bridgehead atoms. The summed E-state index contributed by atoms with van der Waals surface area (Å²) in [6, 6.07) is 11.3. The van der Waals surface area contributed by atoms with Crippen LogP contribution < -0.4 is 15.0 Å². The Balaban J connectivity index is 1.85. The number of thioether (sulfide) groups is 1. The number of amides is 3. The lowest BCUT2D eigenvalue weighted by Crippen LogP contribution is -2.48. The van der Waals surface area contributed by atoms with Gasteiger partial charge in [-0.2, -0.15) is 5.01 Å². The Morgan fingerprint density at radius 3 is 2.62 bits per heavy atom. The van der Waals surface area contributed by atoms with Gasteiger partial charge in [-0.25, -0.2) is 0 Å². The van der Waals surface area contributed by atoms with Crippen LogP contribution in [0.4, 0.5) is 5.69 Å². The molecule has 1 atom stereocenters. The highest BCUT2D eigenvalue weighted by Gasteiger charge is 2.61. The summed E-state index contributed by atoms with van der Waals surface area (Å²) in [7, 11) is 0. The van der Waals surface area contributed by atoms with Crippen molar-refractivity contribution in [2.24, 2.45) is 5.10 Å². The van der Waals surface area contributed by atoms with Crippen LogP contribution in [0.3, 0.4) is 0 Å². The van der Waals surface area contributed by atoms with Gasteiger partial charge in [0, 0.05) is 25.0 Å². The van der Waals surface area contributed by atoms with Crippen LogP contribution in [-0.2, 0) is 25.8 Å². The second-order valence-electron chi connectivity index (χ2n) is 8.17. The maximum Gasteiger partial charge on any atom is 0.271 e. The fourth-order valence-corrected chi connectivity index (χ4v) is 5.55. The van der Waals surface area contributed by atoms with Gasteiger partial charge < -0.3 is 15.0 Å². The first-order valence-electron chi connectivity index (χ1n) is 10.8. The van der Waals surface area contributed by atoms with Gasteiger partial charge in [-0.15, -0.1) is 5.10 Å². The summed E-state index contributed by atoms with van der Waals surface area (Å²) >= 11 is 1.07. The van der Waals surface area contributed by atoms with Crippen molar-refractivity contribution in [3.05, 3.63) is 71.3 Å². The lowest BCUT2D eigenvalue weighted by Gasteiger charge is -2.29. The van der Waals surface area contributed by atoms with E-state index in [0.29, 0.717) is 17.9 Å². The van der Waals surface area contributed by atoms with Gasteiger partial charge in [0.1, 0.15) is 12.4 Å². The minimum atomic E-state index is -1.44. The summed E-state index contributed by atoms with van der Waals surface area (Å²) < 4.78 is 5.82. The van der Waals surface area contributed by atoms with Crippen molar-refractivity contribution in [2.45, 2.75) is 39.1 Å². The molecule has 1 unspecified atom stereocenters. The number of hydrogen-bond donors (Lipinski definition) is 1. The minimum absolute atomic E-state index is 0.205. The highest BCUT2D eigenvalue weighted by molar-refractivity contribution is 8.15. The zero-order valence-electron chi connectivity index (χ0n) is 19.5. The molecule has 2 aliphatic heterocycles. The summed E-state index contributed by atoms with van der Waals surface area (Å²) in [5, 5.41) is 8.33. The second-order valence-corrected chi connectivity index (χ2v) is 9.35. The first-order chi connectivity index (χ1) is 16.2. The Bertz CT molecular complexity index is 1240. The molecule has 0 fully saturated rings. The first-order valence-corrected chi connectivity index (χ1v) is 11.6. The van der Waals surface area contributed by atoms with Crippen molar-refractivity contribution in [1.29, 1.82) is 0 Å². The summed E-state index contributed by atoms with van der Waals surface area (Å²) in [6.45, 7) is 10.9. The van der Waals surface area contributed by atoms with Crippen LogP contribution in [0, 0.1) is 13.8 Å². The molecule has 2 heterocycles. The lowest BCUT2D eigenvalue weighted by molar-refractivity contribution is -0.139. The summed E-state index contributed by atoms with van der Waals surface area (Å²) in [4.78, 5) is 38.8. The monoisotopic (exact) mass is 478 g/mol. The van der Waals surface area contributed by atoms with Crippen LogP contribution in [0.15, 0.2) is 54.2 Å². The minimum Gasteiger partial charge on any atom is -0.489 e. The molecule has 3 amide bonds. The van der Waals surface area contributed by atoms with E-state index in [1.54, 1.807) is 11.0 Å². The highest BCUT2D eigenvalue weighted by Crippen LogP contribution is 2.56. The first kappa shape index (κ1) is 23.6. The molecular weight excluding hydrogens is 452 g/mol. The quantitative estimate of drug-likeness (QED) is 0.664. The number of fused-ring (bicyclic) bond motifs is 2. The molecule has 0 aliphatic carbocycles. The SMILES string of the molecule is C=CCOc1ccccc1CN1C(=O)C2(SC(NC(C)=O)=NN2C(C)=O)c2ccc(C)c(C)c21. The summed E-state index contributed by atoms with van der Waals surface area (Å²) in [6.07, 6.45) is 1.66. The van der Waals surface area contributed by atoms with Crippen molar-refractivity contribution in [2.75, 3.05) is 11.5 Å². The fraction of sp³-hybridized carbons (Fsp3) is 0.280. The average Bonchev–Trinajstić information content (AvgIpc) is 3.27. The molecule has 34 heavy (non-hydrogen) atoms. The molecular formula is C25H26N4O4S. The van der Waals surface area contributed by atoms with Gasteiger partial charge in [0.15, 0.2) is 5.17 Å². The lowest BCUT2D eigenvalue weighted by atomic mass is 10.00. The Hall–Kier alpha value is -3.59. The number of anilines is 1. The molecule has 2 aromatic carbocycles. The zero-order valence-corrected chi connectivity index (χ0v) is 20.4. The van der Waals surface area contributed by atoms with Crippen LogP contribution in [-0.4, -0.2) is 34.5 Å².